The zero-order valence-electron chi connectivity index (χ0n) is 20.2. The molecule has 3 aromatic heterocycles. The number of anilines is 1. The fourth-order valence-corrected chi connectivity index (χ4v) is 5.43. The second-order valence-electron chi connectivity index (χ2n) is 10.2. The molecule has 0 spiro atoms. The van der Waals surface area contributed by atoms with Gasteiger partial charge in [-0.05, 0) is 30.9 Å². The van der Waals surface area contributed by atoms with Crippen molar-refractivity contribution in [3.63, 3.8) is 0 Å². The van der Waals surface area contributed by atoms with Gasteiger partial charge in [0.05, 0.1) is 29.8 Å². The number of carbonyl (C=O) groups excluding carboxylic acids is 1. The van der Waals surface area contributed by atoms with Gasteiger partial charge in [-0.3, -0.25) is 9.48 Å². The highest BCUT2D eigenvalue weighted by atomic mass is 28.3. The molecule has 1 N–H and O–H groups in total. The average Bonchev–Trinajstić information content (AvgIpc) is 3.55. The molecule has 0 aliphatic heterocycles. The van der Waals surface area contributed by atoms with Crippen molar-refractivity contribution in [2.24, 2.45) is 5.92 Å². The van der Waals surface area contributed by atoms with Crippen molar-refractivity contribution in [1.29, 1.82) is 5.26 Å². The minimum atomic E-state index is -1.15. The molecular formula is C24H33N7O2Si. The van der Waals surface area contributed by atoms with Crippen molar-refractivity contribution < 1.29 is 9.53 Å². The highest BCUT2D eigenvalue weighted by Gasteiger charge is 2.28. The first kappa shape index (κ1) is 24.1. The van der Waals surface area contributed by atoms with Crippen LogP contribution < -0.4 is 5.32 Å². The summed E-state index contributed by atoms with van der Waals surface area (Å²) < 4.78 is 9.74. The number of amides is 1. The van der Waals surface area contributed by atoms with E-state index in [0.717, 1.165) is 42.1 Å². The van der Waals surface area contributed by atoms with Crippen molar-refractivity contribution in [3.05, 3.63) is 24.8 Å². The first-order valence-electron chi connectivity index (χ1n) is 12.0. The molecule has 1 aliphatic rings. The molecule has 3 aromatic rings. The third kappa shape index (κ3) is 5.37. The summed E-state index contributed by atoms with van der Waals surface area (Å²) in [6, 6.07) is 5.38. The molecule has 180 valence electrons. The van der Waals surface area contributed by atoms with E-state index in [1.54, 1.807) is 0 Å². The summed E-state index contributed by atoms with van der Waals surface area (Å²) in [5, 5.41) is 17.7. The van der Waals surface area contributed by atoms with E-state index >= 15 is 0 Å². The predicted octanol–water partition coefficient (Wildman–Crippen LogP) is 4.82. The first-order chi connectivity index (χ1) is 16.4. The summed E-state index contributed by atoms with van der Waals surface area (Å²) in [7, 11) is -1.15. The number of nitrogens with zero attached hydrogens (tertiary/aromatic N) is 6. The minimum absolute atomic E-state index is 0.0184. The Hall–Kier alpha value is -3.03. The van der Waals surface area contributed by atoms with Crippen molar-refractivity contribution in [2.75, 3.05) is 11.9 Å². The maximum Gasteiger partial charge on any atom is 0.212 e. The number of ether oxygens (including phenoxy) is 1. The summed E-state index contributed by atoms with van der Waals surface area (Å²) >= 11 is 0. The van der Waals surface area contributed by atoms with Crippen LogP contribution in [0.15, 0.2) is 24.8 Å². The van der Waals surface area contributed by atoms with Gasteiger partial charge in [0, 0.05) is 32.5 Å². The molecule has 4 rings (SSSR count). The second-order valence-corrected chi connectivity index (χ2v) is 15.8. The molecular weight excluding hydrogens is 446 g/mol. The smallest absolute Gasteiger partial charge is 0.212 e. The molecule has 0 saturated heterocycles. The number of rotatable bonds is 11. The quantitative estimate of drug-likeness (QED) is 0.240. The highest BCUT2D eigenvalue weighted by Crippen LogP contribution is 2.38. The van der Waals surface area contributed by atoms with Gasteiger partial charge in [-0.1, -0.05) is 32.5 Å². The van der Waals surface area contributed by atoms with Gasteiger partial charge < -0.3 is 14.6 Å². The van der Waals surface area contributed by atoms with Gasteiger partial charge in [0.2, 0.25) is 6.41 Å². The zero-order chi connectivity index (χ0) is 24.1. The van der Waals surface area contributed by atoms with E-state index in [4.69, 9.17) is 4.74 Å². The van der Waals surface area contributed by atoms with Crippen LogP contribution in [-0.4, -0.2) is 45.4 Å². The van der Waals surface area contributed by atoms with Crippen molar-refractivity contribution in [3.8, 4) is 17.3 Å². The highest BCUT2D eigenvalue weighted by molar-refractivity contribution is 6.76. The lowest BCUT2D eigenvalue weighted by Gasteiger charge is -2.21. The Kier molecular flexibility index (Phi) is 7.43. The van der Waals surface area contributed by atoms with E-state index in [-0.39, 0.29) is 6.04 Å². The number of fused-ring (bicyclic) bond motifs is 1. The van der Waals surface area contributed by atoms with E-state index in [1.165, 1.54) is 19.2 Å². The van der Waals surface area contributed by atoms with Gasteiger partial charge >= 0.3 is 0 Å². The lowest BCUT2D eigenvalue weighted by atomic mass is 9.96. The number of nitriles is 1. The Labute approximate surface area is 201 Å². The van der Waals surface area contributed by atoms with Gasteiger partial charge in [-0.2, -0.15) is 10.4 Å². The normalized spacial score (nSPS) is 15.5. The van der Waals surface area contributed by atoms with Crippen LogP contribution in [0.25, 0.3) is 22.3 Å². The molecule has 1 amide bonds. The summed E-state index contributed by atoms with van der Waals surface area (Å²) in [5.41, 5.74) is 2.19. The van der Waals surface area contributed by atoms with E-state index in [1.807, 2.05) is 27.7 Å². The summed E-state index contributed by atoms with van der Waals surface area (Å²) in [6.07, 6.45) is 11.0. The van der Waals surface area contributed by atoms with E-state index < -0.39 is 8.07 Å². The molecule has 1 fully saturated rings. The number of aromatic nitrogens is 5. The molecule has 1 aliphatic carbocycles. The number of hydrogen-bond donors (Lipinski definition) is 1. The molecule has 0 bridgehead atoms. The average molecular weight is 480 g/mol. The molecule has 34 heavy (non-hydrogen) atoms. The fourth-order valence-electron chi connectivity index (χ4n) is 4.67. The first-order valence-corrected chi connectivity index (χ1v) is 15.7. The topological polar surface area (TPSA) is 111 Å². The Morgan fingerprint density at radius 1 is 1.32 bits per heavy atom. The molecule has 1 saturated carbocycles. The summed E-state index contributed by atoms with van der Waals surface area (Å²) in [6.45, 7) is 8.16. The Bertz CT molecular complexity index is 1170. The largest absolute Gasteiger partial charge is 0.361 e. The van der Waals surface area contributed by atoms with Crippen molar-refractivity contribution in [1.82, 2.24) is 24.3 Å². The lowest BCUT2D eigenvalue weighted by Crippen LogP contribution is -2.22. The zero-order valence-corrected chi connectivity index (χ0v) is 21.2. The maximum atomic E-state index is 11.3. The van der Waals surface area contributed by atoms with Crippen LogP contribution in [0.4, 0.5) is 5.82 Å². The van der Waals surface area contributed by atoms with Crippen LogP contribution in [-0.2, 0) is 16.3 Å². The molecule has 9 nitrogen and oxygen atoms in total. The molecule has 0 aromatic carbocycles. The van der Waals surface area contributed by atoms with Crippen LogP contribution in [0.5, 0.6) is 0 Å². The third-order valence-electron chi connectivity index (χ3n) is 6.55. The Balaban J connectivity index is 1.65. The second kappa shape index (κ2) is 10.5. The van der Waals surface area contributed by atoms with E-state index in [0.29, 0.717) is 37.0 Å². The molecule has 10 heteroatoms. The van der Waals surface area contributed by atoms with Gasteiger partial charge in [-0.25, -0.2) is 9.97 Å². The van der Waals surface area contributed by atoms with Crippen LogP contribution in [0.1, 0.15) is 38.1 Å². The maximum absolute atomic E-state index is 11.3. The fraction of sp³-hybridized carbons (Fsp3) is 0.542. The SMILES string of the molecule is C[Si](C)(C)CCOCn1ccc2c(-c3cn(C(CC#N)C4CCCC4)nc3NC=O)ncnc21. The third-order valence-corrected chi connectivity index (χ3v) is 8.25. The van der Waals surface area contributed by atoms with Gasteiger partial charge in [0.15, 0.2) is 5.82 Å². The van der Waals surface area contributed by atoms with E-state index in [2.05, 4.69) is 46.1 Å². The number of hydrogen-bond acceptors (Lipinski definition) is 6. The van der Waals surface area contributed by atoms with Crippen LogP contribution in [0, 0.1) is 17.2 Å². The molecule has 0 radical (unpaired) electrons. The monoisotopic (exact) mass is 479 g/mol. The van der Waals surface area contributed by atoms with Crippen LogP contribution in [0.3, 0.4) is 0 Å². The summed E-state index contributed by atoms with van der Waals surface area (Å²) in [4.78, 5) is 20.4. The molecule has 1 atom stereocenters. The Morgan fingerprint density at radius 2 is 2.12 bits per heavy atom. The van der Waals surface area contributed by atoms with Crippen LogP contribution >= 0.6 is 0 Å². The van der Waals surface area contributed by atoms with Gasteiger partial charge in [0.25, 0.3) is 0 Å². The number of nitrogens with one attached hydrogen (secondary N) is 1. The molecule has 1 unspecified atom stereocenters. The minimum Gasteiger partial charge on any atom is -0.361 e. The van der Waals surface area contributed by atoms with Crippen molar-refractivity contribution >= 4 is 31.3 Å². The van der Waals surface area contributed by atoms with Crippen molar-refractivity contribution in [2.45, 2.75) is 70.6 Å². The predicted molar refractivity (Wildman–Crippen MR) is 134 cm³/mol. The standard InChI is InChI=1S/C24H33N7O2Si/c1-34(2,3)13-12-33-17-30-11-9-19-22(26-15-27-24(19)30)20-14-31(29-23(20)28-16-32)21(8-10-25)18-6-4-5-7-18/h9,11,14-16,18,21H,4-8,12-13,17H2,1-3H3,(H,28,29,32). The van der Waals surface area contributed by atoms with Gasteiger partial charge in [-0.15, -0.1) is 0 Å². The molecule has 3 heterocycles. The number of carbonyl (C=O) groups is 1. The lowest BCUT2D eigenvalue weighted by molar-refractivity contribution is -0.105. The Morgan fingerprint density at radius 3 is 2.82 bits per heavy atom. The summed E-state index contributed by atoms with van der Waals surface area (Å²) in [5.74, 6) is 0.853. The van der Waals surface area contributed by atoms with Gasteiger partial charge in [0.1, 0.15) is 18.7 Å². The van der Waals surface area contributed by atoms with Crippen LogP contribution in [0.2, 0.25) is 25.7 Å². The van der Waals surface area contributed by atoms with E-state index in [9.17, 15) is 10.1 Å².